The lowest BCUT2D eigenvalue weighted by atomic mass is 9.96. The highest BCUT2D eigenvalue weighted by Crippen LogP contribution is 2.32. The zero-order chi connectivity index (χ0) is 23.5. The summed E-state index contributed by atoms with van der Waals surface area (Å²) in [7, 11) is 3.12. The summed E-state index contributed by atoms with van der Waals surface area (Å²) in [5.74, 6) is 0.631. The molecule has 0 amide bonds. The normalized spacial score (nSPS) is 15.6. The van der Waals surface area contributed by atoms with Crippen LogP contribution in [0, 0.1) is 0 Å². The van der Waals surface area contributed by atoms with E-state index in [1.165, 1.54) is 11.3 Å². The summed E-state index contributed by atoms with van der Waals surface area (Å²) in [5.41, 5.74) is 2.17. The molecular weight excluding hydrogens is 440 g/mol. The van der Waals surface area contributed by atoms with E-state index in [2.05, 4.69) is 4.99 Å². The van der Waals surface area contributed by atoms with Crippen molar-refractivity contribution in [3.63, 3.8) is 0 Å². The fourth-order valence-electron chi connectivity index (χ4n) is 3.91. The highest BCUT2D eigenvalue weighted by Gasteiger charge is 2.33. The summed E-state index contributed by atoms with van der Waals surface area (Å²) in [6.45, 7) is 3.75. The molecule has 1 aromatic heterocycles. The number of benzene rings is 2. The van der Waals surface area contributed by atoms with Crippen molar-refractivity contribution in [2.45, 2.75) is 19.9 Å². The van der Waals surface area contributed by atoms with E-state index in [1.54, 1.807) is 44.8 Å². The van der Waals surface area contributed by atoms with Crippen LogP contribution in [0.4, 0.5) is 0 Å². The molecule has 0 unspecified atom stereocenters. The van der Waals surface area contributed by atoms with E-state index in [9.17, 15) is 9.59 Å². The van der Waals surface area contributed by atoms with Gasteiger partial charge in [0.1, 0.15) is 0 Å². The van der Waals surface area contributed by atoms with E-state index in [4.69, 9.17) is 14.2 Å². The van der Waals surface area contributed by atoms with Gasteiger partial charge >= 0.3 is 5.97 Å². The monoisotopic (exact) mass is 464 g/mol. The Morgan fingerprint density at radius 1 is 1.12 bits per heavy atom. The predicted molar refractivity (Wildman–Crippen MR) is 126 cm³/mol. The minimum absolute atomic E-state index is 0.233. The third-order valence-electron chi connectivity index (χ3n) is 5.35. The van der Waals surface area contributed by atoms with E-state index >= 15 is 0 Å². The Labute approximate surface area is 194 Å². The second-order valence-corrected chi connectivity index (χ2v) is 8.30. The summed E-state index contributed by atoms with van der Waals surface area (Å²) in [6, 6.07) is 14.3. The lowest BCUT2D eigenvalue weighted by molar-refractivity contribution is -0.139. The topological polar surface area (TPSA) is 79.1 Å². The zero-order valence-electron chi connectivity index (χ0n) is 18.8. The first-order valence-electron chi connectivity index (χ1n) is 10.5. The van der Waals surface area contributed by atoms with Crippen LogP contribution in [0.3, 0.4) is 0 Å². The van der Waals surface area contributed by atoms with Gasteiger partial charge in [-0.05, 0) is 31.6 Å². The molecule has 1 atom stereocenters. The molecule has 0 N–H and O–H groups in total. The molecule has 0 saturated carbocycles. The third kappa shape index (κ3) is 4.09. The number of carbonyl (C=O) groups is 1. The van der Waals surface area contributed by atoms with Gasteiger partial charge < -0.3 is 14.2 Å². The van der Waals surface area contributed by atoms with Crippen molar-refractivity contribution in [2.24, 2.45) is 4.99 Å². The van der Waals surface area contributed by atoms with Crippen LogP contribution in [-0.4, -0.2) is 31.4 Å². The summed E-state index contributed by atoms with van der Waals surface area (Å²) in [4.78, 5) is 31.6. The highest BCUT2D eigenvalue weighted by atomic mass is 32.1. The molecular formula is C25H24N2O5S. The summed E-state index contributed by atoms with van der Waals surface area (Å²) < 4.78 is 18.2. The maximum absolute atomic E-state index is 13.6. The molecule has 0 saturated heterocycles. The molecule has 1 aliphatic heterocycles. The van der Waals surface area contributed by atoms with Crippen LogP contribution in [0.1, 0.15) is 31.0 Å². The molecule has 0 fully saturated rings. The average molecular weight is 465 g/mol. The van der Waals surface area contributed by atoms with Gasteiger partial charge in [-0.2, -0.15) is 0 Å². The van der Waals surface area contributed by atoms with E-state index in [1.807, 2.05) is 42.5 Å². The van der Waals surface area contributed by atoms with Gasteiger partial charge in [-0.25, -0.2) is 9.79 Å². The molecule has 1 aliphatic rings. The first-order chi connectivity index (χ1) is 16.0. The first kappa shape index (κ1) is 22.5. The van der Waals surface area contributed by atoms with Crippen LogP contribution in [0.15, 0.2) is 69.6 Å². The van der Waals surface area contributed by atoms with Crippen molar-refractivity contribution in [3.8, 4) is 11.5 Å². The number of rotatable bonds is 6. The number of methoxy groups -OCH3 is 2. The zero-order valence-corrected chi connectivity index (χ0v) is 19.6. The molecule has 7 nitrogen and oxygen atoms in total. The van der Waals surface area contributed by atoms with Gasteiger partial charge in [0.25, 0.3) is 5.56 Å². The second-order valence-electron chi connectivity index (χ2n) is 7.30. The molecule has 0 spiro atoms. The summed E-state index contributed by atoms with van der Waals surface area (Å²) in [5, 5.41) is 0. The Morgan fingerprint density at radius 2 is 1.88 bits per heavy atom. The van der Waals surface area contributed by atoms with Crippen LogP contribution < -0.4 is 24.4 Å². The standard InChI is InChI=1S/C25H24N2O5S/c1-5-32-24(29)20-15(2)26-25-27(21(20)16-10-7-6-8-11-16)23(28)19(33-25)14-17-12-9-13-18(30-3)22(17)31-4/h6-14,21H,5H2,1-4H3/b19-14+/t21-/m0/s1. The number of thiazole rings is 1. The van der Waals surface area contributed by atoms with Gasteiger partial charge in [0.05, 0.1) is 42.7 Å². The number of para-hydroxylation sites is 1. The fourth-order valence-corrected chi connectivity index (χ4v) is 4.95. The lowest BCUT2D eigenvalue weighted by Crippen LogP contribution is -2.39. The quantitative estimate of drug-likeness (QED) is 0.524. The minimum Gasteiger partial charge on any atom is -0.493 e. The molecule has 33 heavy (non-hydrogen) atoms. The van der Waals surface area contributed by atoms with Crippen molar-refractivity contribution in [1.82, 2.24) is 4.57 Å². The smallest absolute Gasteiger partial charge is 0.338 e. The number of ether oxygens (including phenoxy) is 3. The van der Waals surface area contributed by atoms with Crippen LogP contribution in [0.25, 0.3) is 6.08 Å². The van der Waals surface area contributed by atoms with Crippen molar-refractivity contribution < 1.29 is 19.0 Å². The minimum atomic E-state index is -0.629. The van der Waals surface area contributed by atoms with Crippen LogP contribution in [-0.2, 0) is 9.53 Å². The second kappa shape index (κ2) is 9.46. The van der Waals surface area contributed by atoms with Crippen molar-refractivity contribution in [1.29, 1.82) is 0 Å². The Bertz CT molecular complexity index is 1400. The number of hydrogen-bond acceptors (Lipinski definition) is 7. The Morgan fingerprint density at radius 3 is 2.55 bits per heavy atom. The van der Waals surface area contributed by atoms with Gasteiger partial charge in [0.15, 0.2) is 16.3 Å². The SMILES string of the molecule is CCOC(=O)C1=C(C)N=c2s/c(=C/c3cccc(OC)c3OC)c(=O)n2[C@H]1c1ccccc1. The number of hydrogen-bond donors (Lipinski definition) is 0. The number of carbonyl (C=O) groups excluding carboxylic acids is 1. The number of nitrogens with zero attached hydrogens (tertiary/aromatic N) is 2. The van der Waals surface area contributed by atoms with Gasteiger partial charge in [-0.1, -0.05) is 53.8 Å². The highest BCUT2D eigenvalue weighted by molar-refractivity contribution is 7.07. The molecule has 2 aromatic carbocycles. The first-order valence-corrected chi connectivity index (χ1v) is 11.3. The van der Waals surface area contributed by atoms with Gasteiger partial charge in [-0.15, -0.1) is 0 Å². The number of esters is 1. The predicted octanol–water partition coefficient (Wildman–Crippen LogP) is 2.82. The fraction of sp³-hybridized carbons (Fsp3) is 0.240. The molecule has 4 rings (SSSR count). The Kier molecular flexibility index (Phi) is 6.46. The van der Waals surface area contributed by atoms with Crippen LogP contribution >= 0.6 is 11.3 Å². The maximum Gasteiger partial charge on any atom is 0.338 e. The average Bonchev–Trinajstić information content (AvgIpc) is 3.13. The van der Waals surface area contributed by atoms with E-state index in [0.29, 0.717) is 37.7 Å². The molecule has 2 heterocycles. The number of aromatic nitrogens is 1. The maximum atomic E-state index is 13.6. The Balaban J connectivity index is 1.96. The van der Waals surface area contributed by atoms with Crippen molar-refractivity contribution in [2.75, 3.05) is 20.8 Å². The van der Waals surface area contributed by atoms with Gasteiger partial charge in [-0.3, -0.25) is 9.36 Å². The van der Waals surface area contributed by atoms with Gasteiger partial charge in [0, 0.05) is 5.56 Å². The summed E-state index contributed by atoms with van der Waals surface area (Å²) in [6.07, 6.45) is 1.76. The largest absolute Gasteiger partial charge is 0.493 e. The molecule has 3 aromatic rings. The van der Waals surface area contributed by atoms with E-state index in [0.717, 1.165) is 5.56 Å². The molecule has 0 aliphatic carbocycles. The van der Waals surface area contributed by atoms with Crippen LogP contribution in [0.2, 0.25) is 0 Å². The van der Waals surface area contributed by atoms with Crippen LogP contribution in [0.5, 0.6) is 11.5 Å². The molecule has 8 heteroatoms. The molecule has 0 radical (unpaired) electrons. The van der Waals surface area contributed by atoms with E-state index < -0.39 is 12.0 Å². The van der Waals surface area contributed by atoms with Crippen molar-refractivity contribution >= 4 is 23.4 Å². The number of fused-ring (bicyclic) bond motifs is 1. The van der Waals surface area contributed by atoms with Crippen molar-refractivity contribution in [3.05, 3.63) is 90.6 Å². The lowest BCUT2D eigenvalue weighted by Gasteiger charge is -2.24. The van der Waals surface area contributed by atoms with Gasteiger partial charge in [0.2, 0.25) is 0 Å². The molecule has 170 valence electrons. The Hall–Kier alpha value is -3.65. The number of allylic oxidation sites excluding steroid dienone is 1. The van der Waals surface area contributed by atoms with E-state index in [-0.39, 0.29) is 12.2 Å². The summed E-state index contributed by atoms with van der Waals surface area (Å²) >= 11 is 1.26. The third-order valence-corrected chi connectivity index (χ3v) is 6.34. The molecule has 0 bridgehead atoms.